The molecule has 0 spiro atoms. The van der Waals surface area contributed by atoms with E-state index in [-0.39, 0.29) is 6.04 Å². The Morgan fingerprint density at radius 1 is 1.21 bits per heavy atom. The van der Waals surface area contributed by atoms with Crippen molar-refractivity contribution >= 4 is 0 Å². The van der Waals surface area contributed by atoms with Gasteiger partial charge in [0.15, 0.2) is 0 Å². The zero-order chi connectivity index (χ0) is 13.8. The van der Waals surface area contributed by atoms with Crippen LogP contribution in [0.2, 0.25) is 0 Å². The van der Waals surface area contributed by atoms with E-state index >= 15 is 0 Å². The van der Waals surface area contributed by atoms with Crippen LogP contribution in [0.4, 0.5) is 8.78 Å². The van der Waals surface area contributed by atoms with Gasteiger partial charge >= 0.3 is 0 Å². The number of nitrogens with zero attached hydrogens (tertiary/aromatic N) is 1. The van der Waals surface area contributed by atoms with Gasteiger partial charge in [0.25, 0.3) is 0 Å². The van der Waals surface area contributed by atoms with E-state index in [0.29, 0.717) is 12.1 Å². The first-order chi connectivity index (χ1) is 9.10. The maximum atomic E-state index is 13.2. The topological polar surface area (TPSA) is 17.0 Å². The molecule has 4 heteroatoms. The van der Waals surface area contributed by atoms with Crippen LogP contribution in [0.5, 0.6) is 0 Å². The van der Waals surface area contributed by atoms with Crippen LogP contribution >= 0.6 is 0 Å². The molecule has 0 aliphatic rings. The normalized spacial score (nSPS) is 12.6. The van der Waals surface area contributed by atoms with Gasteiger partial charge in [-0.15, -0.1) is 0 Å². The monoisotopic (exact) mass is 264 g/mol. The van der Waals surface area contributed by atoms with E-state index in [1.807, 2.05) is 29.8 Å². The molecule has 1 atom stereocenters. The highest BCUT2D eigenvalue weighted by molar-refractivity contribution is 5.20. The minimum atomic E-state index is -0.538. The summed E-state index contributed by atoms with van der Waals surface area (Å²) in [6.45, 7) is 5.46. The van der Waals surface area contributed by atoms with Crippen molar-refractivity contribution in [3.63, 3.8) is 0 Å². The Bertz CT molecular complexity index is 529. The van der Waals surface area contributed by atoms with Crippen molar-refractivity contribution < 1.29 is 8.78 Å². The van der Waals surface area contributed by atoms with Crippen LogP contribution in [0.25, 0.3) is 0 Å². The molecule has 1 aromatic heterocycles. The van der Waals surface area contributed by atoms with Gasteiger partial charge in [-0.05, 0) is 43.3 Å². The first-order valence-electron chi connectivity index (χ1n) is 6.43. The molecular formula is C15H18F2N2. The van der Waals surface area contributed by atoms with Crippen molar-refractivity contribution in [2.24, 2.45) is 0 Å². The molecule has 0 radical (unpaired) electrons. The molecule has 0 bridgehead atoms. The number of rotatable bonds is 5. The van der Waals surface area contributed by atoms with E-state index in [2.05, 4.69) is 12.2 Å². The van der Waals surface area contributed by atoms with E-state index in [9.17, 15) is 8.78 Å². The largest absolute Gasteiger partial charge is 0.346 e. The minimum Gasteiger partial charge on any atom is -0.346 e. The molecule has 1 unspecified atom stereocenters. The number of hydrogen-bond donors (Lipinski definition) is 1. The molecule has 0 saturated carbocycles. The van der Waals surface area contributed by atoms with E-state index in [4.69, 9.17) is 0 Å². The Morgan fingerprint density at radius 3 is 2.53 bits per heavy atom. The molecule has 1 heterocycles. The maximum absolute atomic E-state index is 13.2. The lowest BCUT2D eigenvalue weighted by molar-refractivity contribution is 0.549. The Morgan fingerprint density at radius 2 is 1.89 bits per heavy atom. The quantitative estimate of drug-likeness (QED) is 0.874. The van der Waals surface area contributed by atoms with Crippen molar-refractivity contribution in [2.75, 3.05) is 6.54 Å². The average molecular weight is 264 g/mol. The van der Waals surface area contributed by atoms with Gasteiger partial charge in [0.05, 0.1) is 0 Å². The number of benzene rings is 1. The van der Waals surface area contributed by atoms with Gasteiger partial charge in [0, 0.05) is 30.5 Å². The fourth-order valence-electron chi connectivity index (χ4n) is 2.27. The van der Waals surface area contributed by atoms with Crippen molar-refractivity contribution in [3.8, 4) is 0 Å². The minimum absolute atomic E-state index is 0.207. The predicted molar refractivity (Wildman–Crippen MR) is 72.0 cm³/mol. The summed E-state index contributed by atoms with van der Waals surface area (Å²) in [6, 6.07) is 7.79. The van der Waals surface area contributed by atoms with Gasteiger partial charge in [0.1, 0.15) is 11.6 Å². The zero-order valence-corrected chi connectivity index (χ0v) is 11.2. The van der Waals surface area contributed by atoms with Crippen LogP contribution in [-0.4, -0.2) is 11.1 Å². The Hall–Kier alpha value is -1.68. The standard InChI is InChI=1S/C15H18F2N2/c1-3-18-11(2)15-5-4-6-19(15)10-12-7-13(16)9-14(17)8-12/h4-9,11,18H,3,10H2,1-2H3. The molecule has 0 saturated heterocycles. The smallest absolute Gasteiger partial charge is 0.126 e. The van der Waals surface area contributed by atoms with Crippen LogP contribution in [0.3, 0.4) is 0 Å². The van der Waals surface area contributed by atoms with E-state index in [1.165, 1.54) is 12.1 Å². The van der Waals surface area contributed by atoms with E-state index < -0.39 is 11.6 Å². The Balaban J connectivity index is 2.21. The second kappa shape index (κ2) is 5.97. The summed E-state index contributed by atoms with van der Waals surface area (Å²) >= 11 is 0. The van der Waals surface area contributed by atoms with Gasteiger partial charge in [0.2, 0.25) is 0 Å². The number of halogens is 2. The molecule has 0 fully saturated rings. The highest BCUT2D eigenvalue weighted by atomic mass is 19.1. The summed E-state index contributed by atoms with van der Waals surface area (Å²) in [7, 11) is 0. The Labute approximate surface area is 112 Å². The molecule has 1 aromatic carbocycles. The van der Waals surface area contributed by atoms with Crippen LogP contribution in [0, 0.1) is 11.6 Å². The fourth-order valence-corrected chi connectivity index (χ4v) is 2.27. The summed E-state index contributed by atoms with van der Waals surface area (Å²) < 4.78 is 28.4. The Kier molecular flexibility index (Phi) is 4.32. The molecule has 1 N–H and O–H groups in total. The van der Waals surface area contributed by atoms with Crippen LogP contribution < -0.4 is 5.32 Å². The molecule has 19 heavy (non-hydrogen) atoms. The van der Waals surface area contributed by atoms with Gasteiger partial charge in [-0.25, -0.2) is 8.78 Å². The third-order valence-corrected chi connectivity index (χ3v) is 3.09. The SMILES string of the molecule is CCNC(C)c1cccn1Cc1cc(F)cc(F)c1. The van der Waals surface area contributed by atoms with E-state index in [1.54, 1.807) is 0 Å². The highest BCUT2D eigenvalue weighted by Crippen LogP contribution is 2.16. The first-order valence-corrected chi connectivity index (χ1v) is 6.43. The summed E-state index contributed by atoms with van der Waals surface area (Å²) in [4.78, 5) is 0. The summed E-state index contributed by atoms with van der Waals surface area (Å²) in [5, 5.41) is 3.33. The van der Waals surface area contributed by atoms with Crippen LogP contribution in [0.1, 0.15) is 31.1 Å². The first kappa shape index (κ1) is 13.7. The van der Waals surface area contributed by atoms with Gasteiger partial charge < -0.3 is 9.88 Å². The lowest BCUT2D eigenvalue weighted by Crippen LogP contribution is -2.20. The molecule has 0 amide bonds. The average Bonchev–Trinajstić information content (AvgIpc) is 2.76. The molecule has 2 rings (SSSR count). The number of nitrogens with one attached hydrogen (secondary N) is 1. The fraction of sp³-hybridized carbons (Fsp3) is 0.333. The number of aromatic nitrogens is 1. The van der Waals surface area contributed by atoms with Crippen molar-refractivity contribution in [2.45, 2.75) is 26.4 Å². The summed E-state index contributed by atoms with van der Waals surface area (Å²) in [6.07, 6.45) is 1.92. The lowest BCUT2D eigenvalue weighted by atomic mass is 10.2. The molecule has 102 valence electrons. The highest BCUT2D eigenvalue weighted by Gasteiger charge is 2.09. The summed E-state index contributed by atoms with van der Waals surface area (Å²) in [5.41, 5.74) is 1.73. The third-order valence-electron chi connectivity index (χ3n) is 3.09. The van der Waals surface area contributed by atoms with Crippen molar-refractivity contribution in [1.29, 1.82) is 0 Å². The molecule has 0 aliphatic heterocycles. The zero-order valence-electron chi connectivity index (χ0n) is 11.2. The molecule has 2 aromatic rings. The third kappa shape index (κ3) is 3.41. The summed E-state index contributed by atoms with van der Waals surface area (Å²) in [5.74, 6) is -1.08. The second-order valence-electron chi connectivity index (χ2n) is 4.62. The molecule has 2 nitrogen and oxygen atoms in total. The van der Waals surface area contributed by atoms with Crippen LogP contribution in [0.15, 0.2) is 36.5 Å². The second-order valence-corrected chi connectivity index (χ2v) is 4.62. The van der Waals surface area contributed by atoms with E-state index in [0.717, 1.165) is 18.3 Å². The lowest BCUT2D eigenvalue weighted by Gasteiger charge is -2.16. The maximum Gasteiger partial charge on any atom is 0.126 e. The predicted octanol–water partition coefficient (Wildman–Crippen LogP) is 3.49. The van der Waals surface area contributed by atoms with Crippen molar-refractivity contribution in [3.05, 3.63) is 59.4 Å². The number of hydrogen-bond acceptors (Lipinski definition) is 1. The molecule has 0 aliphatic carbocycles. The van der Waals surface area contributed by atoms with Gasteiger partial charge in [-0.2, -0.15) is 0 Å². The van der Waals surface area contributed by atoms with Gasteiger partial charge in [-0.3, -0.25) is 0 Å². The van der Waals surface area contributed by atoms with Gasteiger partial charge in [-0.1, -0.05) is 6.92 Å². The van der Waals surface area contributed by atoms with Crippen molar-refractivity contribution in [1.82, 2.24) is 9.88 Å². The molecular weight excluding hydrogens is 246 g/mol. The van der Waals surface area contributed by atoms with Crippen LogP contribution in [-0.2, 0) is 6.54 Å².